The van der Waals surface area contributed by atoms with Crippen LogP contribution in [0.15, 0.2) is 24.3 Å². The molecule has 0 aliphatic heterocycles. The highest BCUT2D eigenvalue weighted by molar-refractivity contribution is 5.26. The van der Waals surface area contributed by atoms with E-state index in [2.05, 4.69) is 29.6 Å². The summed E-state index contributed by atoms with van der Waals surface area (Å²) in [6.07, 6.45) is 5.54. The van der Waals surface area contributed by atoms with Crippen molar-refractivity contribution < 1.29 is 4.74 Å². The molecule has 19 heavy (non-hydrogen) atoms. The molecule has 1 unspecified atom stereocenters. The maximum atomic E-state index is 5.90. The molecule has 3 N–H and O–H groups in total. The lowest BCUT2D eigenvalue weighted by molar-refractivity contribution is 0.185. The molecule has 0 heterocycles. The average Bonchev–Trinajstić information content (AvgIpc) is 2.37. The fourth-order valence-electron chi connectivity index (χ4n) is 2.65. The Bertz CT molecular complexity index is 377. The Balaban J connectivity index is 1.86. The maximum absolute atomic E-state index is 5.90. The third-order valence-corrected chi connectivity index (χ3v) is 4.07. The van der Waals surface area contributed by atoms with Crippen molar-refractivity contribution in [1.29, 1.82) is 0 Å². The van der Waals surface area contributed by atoms with Gasteiger partial charge < -0.3 is 15.8 Å². The number of benzene rings is 1. The molecule has 0 saturated heterocycles. The monoisotopic (exact) mass is 262 g/mol. The van der Waals surface area contributed by atoms with Gasteiger partial charge in [-0.1, -0.05) is 43.5 Å². The van der Waals surface area contributed by atoms with E-state index in [0.29, 0.717) is 13.2 Å². The van der Waals surface area contributed by atoms with Crippen LogP contribution in [0.1, 0.15) is 42.9 Å². The van der Waals surface area contributed by atoms with Gasteiger partial charge in [-0.3, -0.25) is 0 Å². The zero-order valence-corrected chi connectivity index (χ0v) is 11.9. The average molecular weight is 262 g/mol. The van der Waals surface area contributed by atoms with Crippen molar-refractivity contribution in [3.63, 3.8) is 0 Å². The van der Waals surface area contributed by atoms with Gasteiger partial charge >= 0.3 is 0 Å². The molecule has 1 fully saturated rings. The number of nitrogens with one attached hydrogen (secondary N) is 1. The van der Waals surface area contributed by atoms with Gasteiger partial charge in [-0.05, 0) is 30.0 Å². The quantitative estimate of drug-likeness (QED) is 0.757. The van der Waals surface area contributed by atoms with Crippen LogP contribution < -0.4 is 11.1 Å². The van der Waals surface area contributed by atoms with Crippen molar-refractivity contribution >= 4 is 0 Å². The fourth-order valence-corrected chi connectivity index (χ4v) is 2.65. The minimum Gasteiger partial charge on any atom is -0.380 e. The SMILES string of the molecule is COCc1cccc(C(CN)NCCC2CCC2)c1. The molecule has 1 atom stereocenters. The van der Waals surface area contributed by atoms with Gasteiger partial charge in [0.25, 0.3) is 0 Å². The predicted molar refractivity (Wildman–Crippen MR) is 78.9 cm³/mol. The van der Waals surface area contributed by atoms with Crippen LogP contribution in [0.3, 0.4) is 0 Å². The summed E-state index contributed by atoms with van der Waals surface area (Å²) in [6, 6.07) is 8.77. The standard InChI is InChI=1S/C16H26N2O/c1-19-12-14-6-3-7-15(10-14)16(11-17)18-9-8-13-4-2-5-13/h3,6-7,10,13,16,18H,2,4-5,8-9,11-12,17H2,1H3. The molecule has 0 radical (unpaired) electrons. The molecule has 2 rings (SSSR count). The van der Waals surface area contributed by atoms with Crippen molar-refractivity contribution in [2.45, 2.75) is 38.3 Å². The number of methoxy groups -OCH3 is 1. The molecule has 3 heteroatoms. The van der Waals surface area contributed by atoms with Gasteiger partial charge in [0, 0.05) is 19.7 Å². The van der Waals surface area contributed by atoms with E-state index < -0.39 is 0 Å². The third-order valence-electron chi connectivity index (χ3n) is 4.07. The van der Waals surface area contributed by atoms with Crippen LogP contribution in [0.5, 0.6) is 0 Å². The lowest BCUT2D eigenvalue weighted by atomic mass is 9.83. The molecule has 3 nitrogen and oxygen atoms in total. The molecule has 1 saturated carbocycles. The Hall–Kier alpha value is -0.900. The minimum atomic E-state index is 0.261. The summed E-state index contributed by atoms with van der Waals surface area (Å²) in [5, 5.41) is 3.59. The minimum absolute atomic E-state index is 0.261. The molecule has 0 bridgehead atoms. The second-order valence-corrected chi connectivity index (χ2v) is 5.51. The van der Waals surface area contributed by atoms with E-state index >= 15 is 0 Å². The van der Waals surface area contributed by atoms with Gasteiger partial charge in [0.15, 0.2) is 0 Å². The summed E-state index contributed by atoms with van der Waals surface area (Å²) in [6.45, 7) is 2.37. The number of hydrogen-bond donors (Lipinski definition) is 2. The van der Waals surface area contributed by atoms with E-state index in [-0.39, 0.29) is 6.04 Å². The van der Waals surface area contributed by atoms with Crippen LogP contribution in [0, 0.1) is 5.92 Å². The molecule has 106 valence electrons. The number of hydrogen-bond acceptors (Lipinski definition) is 3. The number of rotatable bonds is 8. The summed E-state index contributed by atoms with van der Waals surface area (Å²) in [5.74, 6) is 0.950. The number of ether oxygens (including phenoxy) is 1. The van der Waals surface area contributed by atoms with Crippen LogP contribution in [0.4, 0.5) is 0 Å². The normalized spacial score (nSPS) is 17.2. The van der Waals surface area contributed by atoms with E-state index in [1.54, 1.807) is 7.11 Å². The summed E-state index contributed by atoms with van der Waals surface area (Å²) in [5.41, 5.74) is 8.38. The molecular formula is C16H26N2O. The molecule has 1 aliphatic rings. The van der Waals surface area contributed by atoms with Crippen molar-refractivity contribution in [1.82, 2.24) is 5.32 Å². The smallest absolute Gasteiger partial charge is 0.0713 e. The number of nitrogens with two attached hydrogens (primary N) is 1. The van der Waals surface area contributed by atoms with Gasteiger partial charge in [-0.25, -0.2) is 0 Å². The fraction of sp³-hybridized carbons (Fsp3) is 0.625. The zero-order valence-electron chi connectivity index (χ0n) is 11.9. The molecule has 1 aromatic rings. The van der Waals surface area contributed by atoms with E-state index in [1.165, 1.54) is 36.8 Å². The van der Waals surface area contributed by atoms with Crippen molar-refractivity contribution in [2.75, 3.05) is 20.2 Å². The molecular weight excluding hydrogens is 236 g/mol. The zero-order chi connectivity index (χ0) is 13.5. The summed E-state index contributed by atoms with van der Waals surface area (Å²) >= 11 is 0. The van der Waals surface area contributed by atoms with Gasteiger partial charge in [-0.15, -0.1) is 0 Å². The molecule has 1 aliphatic carbocycles. The first-order valence-corrected chi connectivity index (χ1v) is 7.34. The van der Waals surface area contributed by atoms with E-state index in [0.717, 1.165) is 12.5 Å². The Morgan fingerprint density at radius 1 is 1.42 bits per heavy atom. The predicted octanol–water partition coefficient (Wildman–Crippen LogP) is 2.61. The van der Waals surface area contributed by atoms with Gasteiger partial charge in [0.05, 0.1) is 6.61 Å². The second-order valence-electron chi connectivity index (χ2n) is 5.51. The van der Waals surface area contributed by atoms with E-state index in [9.17, 15) is 0 Å². The summed E-state index contributed by atoms with van der Waals surface area (Å²) in [4.78, 5) is 0. The summed E-state index contributed by atoms with van der Waals surface area (Å²) < 4.78 is 5.18. The Labute approximate surface area is 116 Å². The van der Waals surface area contributed by atoms with Gasteiger partial charge in [-0.2, -0.15) is 0 Å². The van der Waals surface area contributed by atoms with Crippen LogP contribution in [0.2, 0.25) is 0 Å². The van der Waals surface area contributed by atoms with Crippen molar-refractivity contribution in [3.05, 3.63) is 35.4 Å². The van der Waals surface area contributed by atoms with Crippen molar-refractivity contribution in [2.24, 2.45) is 11.7 Å². The van der Waals surface area contributed by atoms with E-state index in [1.807, 2.05) is 0 Å². The van der Waals surface area contributed by atoms with Gasteiger partial charge in [0.1, 0.15) is 0 Å². The van der Waals surface area contributed by atoms with Crippen LogP contribution in [-0.4, -0.2) is 20.2 Å². The van der Waals surface area contributed by atoms with Crippen molar-refractivity contribution in [3.8, 4) is 0 Å². The van der Waals surface area contributed by atoms with E-state index in [4.69, 9.17) is 10.5 Å². The lowest BCUT2D eigenvalue weighted by Gasteiger charge is -2.26. The lowest BCUT2D eigenvalue weighted by Crippen LogP contribution is -2.30. The van der Waals surface area contributed by atoms with Gasteiger partial charge in [0.2, 0.25) is 0 Å². The molecule has 0 amide bonds. The topological polar surface area (TPSA) is 47.3 Å². The largest absolute Gasteiger partial charge is 0.380 e. The molecule has 0 aromatic heterocycles. The first-order valence-electron chi connectivity index (χ1n) is 7.34. The van der Waals surface area contributed by atoms with Crippen LogP contribution in [0.25, 0.3) is 0 Å². The molecule has 0 spiro atoms. The van der Waals surface area contributed by atoms with Crippen LogP contribution in [-0.2, 0) is 11.3 Å². The summed E-state index contributed by atoms with van der Waals surface area (Å²) in [7, 11) is 1.73. The third kappa shape index (κ3) is 4.30. The Morgan fingerprint density at radius 3 is 2.89 bits per heavy atom. The highest BCUT2D eigenvalue weighted by Gasteiger charge is 2.17. The highest BCUT2D eigenvalue weighted by atomic mass is 16.5. The molecule has 1 aromatic carbocycles. The maximum Gasteiger partial charge on any atom is 0.0713 e. The Morgan fingerprint density at radius 2 is 2.26 bits per heavy atom. The highest BCUT2D eigenvalue weighted by Crippen LogP contribution is 2.29. The Kier molecular flexibility index (Phi) is 5.83. The first-order chi connectivity index (χ1) is 9.33. The first kappa shape index (κ1) is 14.5. The van der Waals surface area contributed by atoms with Crippen LogP contribution >= 0.6 is 0 Å². The second kappa shape index (κ2) is 7.63.